The number of nitrogen functional groups attached to an aromatic ring is 1. The number of ether oxygens (including phenoxy) is 6. The lowest BCUT2D eigenvalue weighted by Crippen LogP contribution is -2.35. The fourth-order valence-electron chi connectivity index (χ4n) is 5.79. The highest BCUT2D eigenvalue weighted by Crippen LogP contribution is 2.40. The van der Waals surface area contributed by atoms with Crippen molar-refractivity contribution in [3.63, 3.8) is 0 Å². The van der Waals surface area contributed by atoms with Gasteiger partial charge in [0.1, 0.15) is 11.5 Å². The van der Waals surface area contributed by atoms with Gasteiger partial charge in [-0.25, -0.2) is 0 Å². The molecule has 10 heteroatoms. The molecule has 1 amide bonds. The average molecular weight is 618 g/mol. The monoisotopic (exact) mass is 617 g/mol. The Balaban J connectivity index is 1.25. The Labute approximate surface area is 265 Å². The molecule has 45 heavy (non-hydrogen) atoms. The number of benzene rings is 3. The van der Waals surface area contributed by atoms with Crippen LogP contribution in [0.5, 0.6) is 40.2 Å². The lowest BCUT2D eigenvalue weighted by atomic mass is 9.78. The Bertz CT molecular complexity index is 1550. The van der Waals surface area contributed by atoms with E-state index in [0.29, 0.717) is 70.4 Å². The normalized spacial score (nSPS) is 16.4. The molecule has 1 fully saturated rings. The Morgan fingerprint density at radius 2 is 1.62 bits per heavy atom. The van der Waals surface area contributed by atoms with Gasteiger partial charge >= 0.3 is 0 Å². The lowest BCUT2D eigenvalue weighted by molar-refractivity contribution is 0.0709. The number of methoxy groups -OCH3 is 3. The number of nitrogens with zero attached hydrogens (tertiary/aromatic N) is 2. The summed E-state index contributed by atoms with van der Waals surface area (Å²) in [6.07, 6.45) is 4.67. The molecule has 2 N–H and O–H groups in total. The van der Waals surface area contributed by atoms with Crippen LogP contribution in [0.2, 0.25) is 0 Å². The van der Waals surface area contributed by atoms with Gasteiger partial charge in [-0.2, -0.15) is 0 Å². The minimum atomic E-state index is -0.263. The van der Waals surface area contributed by atoms with Crippen LogP contribution in [-0.2, 0) is 0 Å². The fourth-order valence-corrected chi connectivity index (χ4v) is 5.79. The van der Waals surface area contributed by atoms with Crippen molar-refractivity contribution in [1.29, 1.82) is 0 Å². The van der Waals surface area contributed by atoms with E-state index in [9.17, 15) is 4.79 Å². The van der Waals surface area contributed by atoms with E-state index in [1.165, 1.54) is 0 Å². The lowest BCUT2D eigenvalue weighted by Gasteiger charge is -2.33. The van der Waals surface area contributed by atoms with Crippen LogP contribution in [0.15, 0.2) is 53.5 Å². The van der Waals surface area contributed by atoms with Gasteiger partial charge in [0.05, 0.1) is 57.5 Å². The van der Waals surface area contributed by atoms with E-state index in [1.54, 1.807) is 57.7 Å². The van der Waals surface area contributed by atoms with Crippen LogP contribution in [0, 0.1) is 11.3 Å². The van der Waals surface area contributed by atoms with Crippen molar-refractivity contribution in [2.24, 2.45) is 16.3 Å². The molecule has 5 rings (SSSR count). The number of fused-ring (bicyclic) bond motifs is 2. The van der Waals surface area contributed by atoms with Crippen molar-refractivity contribution < 1.29 is 33.2 Å². The number of aliphatic imine (C=N–C) groups is 1. The summed E-state index contributed by atoms with van der Waals surface area (Å²) in [5.41, 5.74) is 7.59. The number of anilines is 1. The Morgan fingerprint density at radius 3 is 2.36 bits per heavy atom. The molecule has 3 aromatic rings. The number of hydrogen-bond donors (Lipinski definition) is 1. The molecule has 1 saturated heterocycles. The second kappa shape index (κ2) is 13.6. The van der Waals surface area contributed by atoms with Crippen molar-refractivity contribution >= 4 is 23.5 Å². The number of carbonyl (C=O) groups excluding carboxylic acids is 1. The zero-order valence-electron chi connectivity index (χ0n) is 26.9. The van der Waals surface area contributed by atoms with Crippen molar-refractivity contribution in [2.75, 3.05) is 46.8 Å². The summed E-state index contributed by atoms with van der Waals surface area (Å²) >= 11 is 0. The second-order valence-electron chi connectivity index (χ2n) is 12.0. The summed E-state index contributed by atoms with van der Waals surface area (Å²) in [4.78, 5) is 19.8. The maximum atomic E-state index is 13.2. The quantitative estimate of drug-likeness (QED) is 0.206. The second-order valence-corrected chi connectivity index (χ2v) is 12.0. The standard InChI is InChI=1S/C35H43N3O7/c1-7-22(20-43-24-10-12-27(36)30(15-24)45-25-11-13-29(40-4)31(16-25)41-5)35(2,3)21-44-33-18-28-26(17-32(33)42-6)34(39)38-14-8-9-23(38)19-37-28/h10-13,15-19,22-23H,7-9,14,20-21,36H2,1-6H3. The number of rotatable bonds is 13. The minimum Gasteiger partial charge on any atom is -0.493 e. The third-order valence-electron chi connectivity index (χ3n) is 8.67. The van der Waals surface area contributed by atoms with Crippen molar-refractivity contribution in [3.05, 3.63) is 54.1 Å². The largest absolute Gasteiger partial charge is 0.493 e. The van der Waals surface area contributed by atoms with Gasteiger partial charge in [-0.1, -0.05) is 20.8 Å². The van der Waals surface area contributed by atoms with Gasteiger partial charge in [0.2, 0.25) is 0 Å². The van der Waals surface area contributed by atoms with Gasteiger partial charge in [-0.05, 0) is 49.6 Å². The van der Waals surface area contributed by atoms with Crippen LogP contribution in [0.25, 0.3) is 0 Å². The van der Waals surface area contributed by atoms with E-state index < -0.39 is 0 Å². The predicted octanol–water partition coefficient (Wildman–Crippen LogP) is 6.92. The smallest absolute Gasteiger partial charge is 0.256 e. The van der Waals surface area contributed by atoms with Crippen LogP contribution < -0.4 is 34.2 Å². The molecule has 0 saturated carbocycles. The van der Waals surface area contributed by atoms with Gasteiger partial charge in [0, 0.05) is 42.3 Å². The Hall–Kier alpha value is -4.60. The highest BCUT2D eigenvalue weighted by Gasteiger charge is 2.34. The molecule has 240 valence electrons. The number of carbonyl (C=O) groups is 1. The van der Waals surface area contributed by atoms with Crippen LogP contribution in [0.3, 0.4) is 0 Å². The minimum absolute atomic E-state index is 0.0154. The molecule has 2 aliphatic heterocycles. The zero-order valence-corrected chi connectivity index (χ0v) is 26.9. The van der Waals surface area contributed by atoms with E-state index >= 15 is 0 Å². The van der Waals surface area contributed by atoms with Gasteiger partial charge in [0.15, 0.2) is 28.7 Å². The first-order valence-electron chi connectivity index (χ1n) is 15.3. The molecule has 0 spiro atoms. The summed E-state index contributed by atoms with van der Waals surface area (Å²) in [6.45, 7) is 8.07. The predicted molar refractivity (Wildman–Crippen MR) is 174 cm³/mol. The van der Waals surface area contributed by atoms with Gasteiger partial charge in [-0.15, -0.1) is 0 Å². The Kier molecular flexibility index (Phi) is 9.60. The Morgan fingerprint density at radius 1 is 0.911 bits per heavy atom. The van der Waals surface area contributed by atoms with E-state index in [2.05, 4.69) is 25.8 Å². The molecule has 10 nitrogen and oxygen atoms in total. The summed E-state index contributed by atoms with van der Waals surface area (Å²) < 4.78 is 35.1. The third-order valence-corrected chi connectivity index (χ3v) is 8.67. The number of hydrogen-bond acceptors (Lipinski definition) is 9. The van der Waals surface area contributed by atoms with E-state index in [0.717, 1.165) is 25.8 Å². The molecule has 3 aromatic carbocycles. The summed E-state index contributed by atoms with van der Waals surface area (Å²) in [5, 5.41) is 0. The van der Waals surface area contributed by atoms with E-state index in [1.807, 2.05) is 23.2 Å². The first-order chi connectivity index (χ1) is 21.7. The third kappa shape index (κ3) is 6.90. The summed E-state index contributed by atoms with van der Waals surface area (Å²) in [5.74, 6) is 4.06. The molecule has 0 aromatic heterocycles. The van der Waals surface area contributed by atoms with Crippen molar-refractivity contribution in [3.8, 4) is 40.2 Å². The van der Waals surface area contributed by atoms with E-state index in [-0.39, 0.29) is 23.3 Å². The van der Waals surface area contributed by atoms with Crippen LogP contribution >= 0.6 is 0 Å². The maximum absolute atomic E-state index is 13.2. The summed E-state index contributed by atoms with van der Waals surface area (Å²) in [7, 11) is 4.74. The molecule has 2 heterocycles. The number of amides is 1. The highest BCUT2D eigenvalue weighted by atomic mass is 16.5. The zero-order chi connectivity index (χ0) is 32.1. The van der Waals surface area contributed by atoms with Crippen molar-refractivity contribution in [1.82, 2.24) is 4.90 Å². The van der Waals surface area contributed by atoms with Crippen molar-refractivity contribution in [2.45, 2.75) is 46.1 Å². The van der Waals surface area contributed by atoms with E-state index in [4.69, 9.17) is 34.2 Å². The maximum Gasteiger partial charge on any atom is 0.256 e. The first kappa shape index (κ1) is 31.8. The molecule has 2 unspecified atom stereocenters. The molecule has 2 atom stereocenters. The number of nitrogens with two attached hydrogens (primary N) is 1. The average Bonchev–Trinajstić information content (AvgIpc) is 3.48. The topological polar surface area (TPSA) is 114 Å². The van der Waals surface area contributed by atoms with Crippen LogP contribution in [0.1, 0.15) is 50.4 Å². The molecular formula is C35H43N3O7. The highest BCUT2D eigenvalue weighted by molar-refractivity contribution is 6.03. The van der Waals surface area contributed by atoms with Crippen LogP contribution in [0.4, 0.5) is 11.4 Å². The molecule has 2 aliphatic rings. The fraction of sp³-hybridized carbons (Fsp3) is 0.429. The molecule has 0 bridgehead atoms. The first-order valence-corrected chi connectivity index (χ1v) is 15.3. The van der Waals surface area contributed by atoms with Gasteiger partial charge in [0.25, 0.3) is 5.91 Å². The SMILES string of the molecule is CCC(COc1ccc(N)c(Oc2ccc(OC)c(OC)c2)c1)C(C)(C)COc1cc2c(cc1OC)C(=O)N1CCCC1C=N2. The van der Waals surface area contributed by atoms with Crippen LogP contribution in [-0.4, -0.2) is 64.2 Å². The molecular weight excluding hydrogens is 574 g/mol. The van der Waals surface area contributed by atoms with Gasteiger partial charge < -0.3 is 39.1 Å². The van der Waals surface area contributed by atoms with Gasteiger partial charge in [-0.3, -0.25) is 9.79 Å². The molecule has 0 radical (unpaired) electrons. The molecule has 0 aliphatic carbocycles. The summed E-state index contributed by atoms with van der Waals surface area (Å²) in [6, 6.07) is 14.3.